The van der Waals surface area contributed by atoms with Gasteiger partial charge in [-0.1, -0.05) is 12.8 Å². The zero-order chi connectivity index (χ0) is 28.4. The summed E-state index contributed by atoms with van der Waals surface area (Å²) in [6.45, 7) is -0.134. The SMILES string of the molecule is COc1ccc(CN(c2nccs2)S(=O)(=O)c2ccc3c(c2)OCC(=O)N3[C@H]2CCCC[C@@H]2N(C)C)c(OC)c1. The number of ether oxygens (including phenoxy) is 3. The lowest BCUT2D eigenvalue weighted by molar-refractivity contribution is -0.122. The number of likely N-dealkylation sites (N-methyl/N-ethyl adjacent to an activating group) is 1. The van der Waals surface area contributed by atoms with Gasteiger partial charge in [0.25, 0.3) is 15.9 Å². The highest BCUT2D eigenvalue weighted by Gasteiger charge is 2.39. The molecule has 1 saturated carbocycles. The summed E-state index contributed by atoms with van der Waals surface area (Å²) in [7, 11) is 3.09. The molecule has 1 amide bonds. The molecule has 10 nitrogen and oxygen atoms in total. The van der Waals surface area contributed by atoms with Crippen LogP contribution < -0.4 is 23.4 Å². The van der Waals surface area contributed by atoms with E-state index in [0.29, 0.717) is 33.6 Å². The molecule has 12 heteroatoms. The molecule has 40 heavy (non-hydrogen) atoms. The number of amides is 1. The van der Waals surface area contributed by atoms with Gasteiger partial charge >= 0.3 is 0 Å². The summed E-state index contributed by atoms with van der Waals surface area (Å²) in [4.78, 5) is 21.4. The number of rotatable bonds is 9. The third kappa shape index (κ3) is 5.35. The minimum atomic E-state index is -4.07. The number of anilines is 2. The van der Waals surface area contributed by atoms with Crippen LogP contribution in [-0.4, -0.2) is 71.2 Å². The number of carbonyl (C=O) groups excluding carboxylic acids is 1. The lowest BCUT2D eigenvalue weighted by Gasteiger charge is -2.44. The molecular formula is C28H34N4O6S2. The third-order valence-electron chi connectivity index (χ3n) is 7.53. The van der Waals surface area contributed by atoms with Crippen molar-refractivity contribution in [1.82, 2.24) is 9.88 Å². The Bertz CT molecular complexity index is 1460. The molecule has 0 N–H and O–H groups in total. The van der Waals surface area contributed by atoms with Gasteiger partial charge in [0.1, 0.15) is 17.2 Å². The molecule has 0 bridgehead atoms. The van der Waals surface area contributed by atoms with E-state index in [2.05, 4.69) is 9.88 Å². The number of nitrogens with zero attached hydrogens (tertiary/aromatic N) is 4. The van der Waals surface area contributed by atoms with Crippen molar-refractivity contribution < 1.29 is 27.4 Å². The van der Waals surface area contributed by atoms with Crippen LogP contribution in [-0.2, 0) is 21.4 Å². The first-order chi connectivity index (χ1) is 19.2. The monoisotopic (exact) mass is 586 g/mol. The molecular weight excluding hydrogens is 552 g/mol. The number of hydrogen-bond acceptors (Lipinski definition) is 9. The van der Waals surface area contributed by atoms with Crippen LogP contribution in [0.5, 0.6) is 17.2 Å². The number of methoxy groups -OCH3 is 2. The topological polar surface area (TPSA) is 102 Å². The quantitative estimate of drug-likeness (QED) is 0.369. The maximum Gasteiger partial charge on any atom is 0.266 e. The lowest BCUT2D eigenvalue weighted by Crippen LogP contribution is -2.56. The van der Waals surface area contributed by atoms with E-state index in [1.165, 1.54) is 28.8 Å². The van der Waals surface area contributed by atoms with E-state index in [4.69, 9.17) is 14.2 Å². The molecule has 0 saturated heterocycles. The highest BCUT2D eigenvalue weighted by molar-refractivity contribution is 7.93. The first-order valence-corrected chi connectivity index (χ1v) is 15.4. The van der Waals surface area contributed by atoms with Gasteiger partial charge in [0.2, 0.25) is 0 Å². The Kier molecular flexibility index (Phi) is 8.20. The molecule has 3 aromatic rings. The molecule has 1 aliphatic carbocycles. The normalized spacial score (nSPS) is 19.2. The van der Waals surface area contributed by atoms with Crippen molar-refractivity contribution in [2.75, 3.05) is 44.1 Å². The molecule has 1 aromatic heterocycles. The molecule has 0 radical (unpaired) electrons. The second kappa shape index (κ2) is 11.6. The van der Waals surface area contributed by atoms with Crippen molar-refractivity contribution in [2.24, 2.45) is 0 Å². The zero-order valence-corrected chi connectivity index (χ0v) is 24.7. The minimum Gasteiger partial charge on any atom is -0.497 e. The van der Waals surface area contributed by atoms with Gasteiger partial charge in [-0.3, -0.25) is 4.79 Å². The van der Waals surface area contributed by atoms with Gasteiger partial charge in [-0.15, -0.1) is 11.3 Å². The number of benzene rings is 2. The predicted octanol–water partition coefficient (Wildman–Crippen LogP) is 4.15. The zero-order valence-electron chi connectivity index (χ0n) is 23.1. The molecule has 1 fully saturated rings. The fourth-order valence-corrected chi connectivity index (χ4v) is 7.81. The van der Waals surface area contributed by atoms with Crippen LogP contribution in [0.2, 0.25) is 0 Å². The predicted molar refractivity (Wildman–Crippen MR) is 154 cm³/mol. The van der Waals surface area contributed by atoms with Crippen LogP contribution in [0.4, 0.5) is 10.8 Å². The Labute approximate surface area is 239 Å². The van der Waals surface area contributed by atoms with E-state index < -0.39 is 10.0 Å². The van der Waals surface area contributed by atoms with E-state index in [1.54, 1.807) is 49.0 Å². The summed E-state index contributed by atoms with van der Waals surface area (Å²) in [6.07, 6.45) is 5.61. The molecule has 2 aliphatic rings. The van der Waals surface area contributed by atoms with E-state index in [-0.39, 0.29) is 36.0 Å². The number of fused-ring (bicyclic) bond motifs is 1. The van der Waals surface area contributed by atoms with Gasteiger partial charge in [-0.25, -0.2) is 17.7 Å². The Balaban J connectivity index is 1.52. The molecule has 5 rings (SSSR count). The van der Waals surface area contributed by atoms with Crippen molar-refractivity contribution in [2.45, 2.75) is 49.2 Å². The number of thiazole rings is 1. The summed E-state index contributed by atoms with van der Waals surface area (Å²) in [5, 5.41) is 2.05. The van der Waals surface area contributed by atoms with Gasteiger partial charge in [-0.05, 0) is 51.2 Å². The average molecular weight is 587 g/mol. The first-order valence-electron chi connectivity index (χ1n) is 13.1. The van der Waals surface area contributed by atoms with E-state index in [0.717, 1.165) is 25.7 Å². The van der Waals surface area contributed by atoms with E-state index in [9.17, 15) is 13.2 Å². The average Bonchev–Trinajstić information content (AvgIpc) is 3.50. The molecule has 2 aromatic carbocycles. The largest absolute Gasteiger partial charge is 0.497 e. The van der Waals surface area contributed by atoms with Gasteiger partial charge in [0.15, 0.2) is 11.7 Å². The fourth-order valence-electron chi connectivity index (χ4n) is 5.53. The minimum absolute atomic E-state index is 0.00183. The fraction of sp³-hybridized carbons (Fsp3) is 0.429. The van der Waals surface area contributed by atoms with Gasteiger partial charge in [0.05, 0.1) is 37.4 Å². The summed E-state index contributed by atoms with van der Waals surface area (Å²) in [5.41, 5.74) is 1.26. The lowest BCUT2D eigenvalue weighted by atomic mass is 9.87. The van der Waals surface area contributed by atoms with Crippen LogP contribution in [0.15, 0.2) is 52.9 Å². The van der Waals surface area contributed by atoms with Crippen LogP contribution in [0.3, 0.4) is 0 Å². The second-order valence-electron chi connectivity index (χ2n) is 10.1. The Hall–Kier alpha value is -3.35. The van der Waals surface area contributed by atoms with E-state index >= 15 is 0 Å². The summed E-state index contributed by atoms with van der Waals surface area (Å²) >= 11 is 1.23. The molecule has 0 unspecified atom stereocenters. The number of carbonyl (C=O) groups is 1. The van der Waals surface area contributed by atoms with Gasteiger partial charge in [-0.2, -0.15) is 0 Å². The molecule has 2 heterocycles. The smallest absolute Gasteiger partial charge is 0.266 e. The van der Waals surface area contributed by atoms with Crippen molar-refractivity contribution in [3.05, 3.63) is 53.5 Å². The van der Waals surface area contributed by atoms with Gasteiger partial charge < -0.3 is 24.0 Å². The van der Waals surface area contributed by atoms with Crippen molar-refractivity contribution >= 4 is 38.1 Å². The standard InChI is InChI=1S/C28H34N4O6S2/c1-30(2)22-7-5-6-8-23(22)32-24-12-11-21(16-26(24)38-18-27(32)33)40(34,35)31(28-29-13-14-39-28)17-19-9-10-20(36-3)15-25(19)37-4/h9-16,22-23H,5-8,17-18H2,1-4H3/t22-,23-/m0/s1. The Morgan fingerprint density at radius 2 is 1.90 bits per heavy atom. The molecule has 1 aliphatic heterocycles. The van der Waals surface area contributed by atoms with Crippen molar-refractivity contribution in [3.63, 3.8) is 0 Å². The summed E-state index contributed by atoms with van der Waals surface area (Å²) < 4.78 is 46.1. The van der Waals surface area contributed by atoms with Crippen LogP contribution in [0.1, 0.15) is 31.2 Å². The van der Waals surface area contributed by atoms with Crippen LogP contribution in [0.25, 0.3) is 0 Å². The third-order valence-corrected chi connectivity index (χ3v) is 10.2. The van der Waals surface area contributed by atoms with Crippen molar-refractivity contribution in [1.29, 1.82) is 0 Å². The van der Waals surface area contributed by atoms with E-state index in [1.807, 2.05) is 19.0 Å². The number of hydrogen-bond donors (Lipinski definition) is 0. The van der Waals surface area contributed by atoms with Crippen LogP contribution in [0, 0.1) is 0 Å². The first kappa shape index (κ1) is 28.2. The second-order valence-corrected chi connectivity index (χ2v) is 12.8. The summed E-state index contributed by atoms with van der Waals surface area (Å²) in [5.74, 6) is 1.37. The molecule has 214 valence electrons. The van der Waals surface area contributed by atoms with Crippen LogP contribution >= 0.6 is 11.3 Å². The maximum absolute atomic E-state index is 14.1. The highest BCUT2D eigenvalue weighted by Crippen LogP contribution is 2.40. The molecule has 0 spiro atoms. The molecule has 2 atom stereocenters. The Morgan fingerprint density at radius 3 is 2.60 bits per heavy atom. The summed E-state index contributed by atoms with van der Waals surface area (Å²) in [6, 6.07) is 10.2. The maximum atomic E-state index is 14.1. The Morgan fingerprint density at radius 1 is 1.10 bits per heavy atom. The number of aromatic nitrogens is 1. The van der Waals surface area contributed by atoms with Crippen molar-refractivity contribution in [3.8, 4) is 17.2 Å². The number of sulfonamides is 1. The van der Waals surface area contributed by atoms with Gasteiger partial charge in [0, 0.05) is 35.3 Å². The highest BCUT2D eigenvalue weighted by atomic mass is 32.2.